The minimum absolute atomic E-state index is 0.146. The lowest BCUT2D eigenvalue weighted by molar-refractivity contribution is -0.401. The van der Waals surface area contributed by atoms with Gasteiger partial charge in [0.1, 0.15) is 22.1 Å². The number of ether oxygens (including phenoxy) is 1. The number of para-hydroxylation sites is 2. The maximum atomic E-state index is 11.3. The van der Waals surface area contributed by atoms with Gasteiger partial charge in [0.2, 0.25) is 0 Å². The van der Waals surface area contributed by atoms with Gasteiger partial charge in [-0.05, 0) is 18.2 Å². The smallest absolute Gasteiger partial charge is 0.433 e. The molecule has 0 aliphatic heterocycles. The van der Waals surface area contributed by atoms with E-state index < -0.39 is 10.8 Å². The highest BCUT2D eigenvalue weighted by atomic mass is 16.6. The van der Waals surface area contributed by atoms with E-state index in [1.807, 2.05) is 6.07 Å². The first-order valence-electron chi connectivity index (χ1n) is 6.57. The third-order valence-electron chi connectivity index (χ3n) is 3.21. The van der Waals surface area contributed by atoms with Gasteiger partial charge in [-0.3, -0.25) is 14.9 Å². The second kappa shape index (κ2) is 5.76. The zero-order chi connectivity index (χ0) is 16.4. The van der Waals surface area contributed by atoms with Gasteiger partial charge in [-0.25, -0.2) is 4.68 Å². The van der Waals surface area contributed by atoms with Crippen LogP contribution in [0.1, 0.15) is 10.4 Å². The van der Waals surface area contributed by atoms with Crippen LogP contribution in [0.4, 0.5) is 5.88 Å². The minimum Gasteiger partial charge on any atom is -0.494 e. The number of hydrogen-bond donors (Lipinski definition) is 0. The Morgan fingerprint density at radius 3 is 2.74 bits per heavy atom. The number of rotatable bonds is 5. The molecule has 23 heavy (non-hydrogen) atoms. The van der Waals surface area contributed by atoms with E-state index in [0.29, 0.717) is 17.7 Å². The Balaban J connectivity index is 2.10. The van der Waals surface area contributed by atoms with Crippen molar-refractivity contribution in [3.8, 4) is 22.9 Å². The van der Waals surface area contributed by atoms with Crippen molar-refractivity contribution in [1.82, 2.24) is 9.78 Å². The van der Waals surface area contributed by atoms with Crippen molar-refractivity contribution in [3.63, 3.8) is 0 Å². The Morgan fingerprint density at radius 2 is 2.09 bits per heavy atom. The van der Waals surface area contributed by atoms with Crippen LogP contribution < -0.4 is 4.74 Å². The summed E-state index contributed by atoms with van der Waals surface area (Å²) in [6, 6.07) is 9.76. The first kappa shape index (κ1) is 14.5. The normalized spacial score (nSPS) is 10.5. The van der Waals surface area contributed by atoms with Gasteiger partial charge < -0.3 is 9.15 Å². The molecule has 2 heterocycles. The van der Waals surface area contributed by atoms with Gasteiger partial charge in [-0.1, -0.05) is 12.1 Å². The first-order valence-corrected chi connectivity index (χ1v) is 6.57. The number of carbonyl (C=O) groups is 1. The van der Waals surface area contributed by atoms with E-state index in [1.165, 1.54) is 30.1 Å². The van der Waals surface area contributed by atoms with Crippen LogP contribution >= 0.6 is 0 Å². The lowest BCUT2D eigenvalue weighted by atomic mass is 10.2. The summed E-state index contributed by atoms with van der Waals surface area (Å²) in [4.78, 5) is 21.3. The number of furan rings is 1. The molecule has 0 N–H and O–H groups in total. The maximum absolute atomic E-state index is 11.3. The third-order valence-corrected chi connectivity index (χ3v) is 3.21. The Hall–Kier alpha value is -3.42. The van der Waals surface area contributed by atoms with Gasteiger partial charge >= 0.3 is 5.88 Å². The zero-order valence-corrected chi connectivity index (χ0v) is 12.0. The van der Waals surface area contributed by atoms with E-state index in [2.05, 4.69) is 5.10 Å². The van der Waals surface area contributed by atoms with Gasteiger partial charge in [-0.2, -0.15) is 5.10 Å². The highest BCUT2D eigenvalue weighted by Gasteiger charge is 2.19. The fourth-order valence-corrected chi connectivity index (χ4v) is 2.16. The molecule has 0 saturated heterocycles. The van der Waals surface area contributed by atoms with Crippen molar-refractivity contribution in [2.24, 2.45) is 0 Å². The summed E-state index contributed by atoms with van der Waals surface area (Å²) in [5.41, 5.74) is 1.10. The Bertz CT molecular complexity index is 881. The van der Waals surface area contributed by atoms with Gasteiger partial charge in [0.25, 0.3) is 0 Å². The summed E-state index contributed by atoms with van der Waals surface area (Å²) < 4.78 is 11.8. The predicted octanol–water partition coefficient (Wildman–Crippen LogP) is 2.86. The van der Waals surface area contributed by atoms with Gasteiger partial charge in [0.15, 0.2) is 12.0 Å². The molecular formula is C15H11N3O5. The molecule has 0 aliphatic rings. The van der Waals surface area contributed by atoms with Crippen LogP contribution in [-0.2, 0) is 0 Å². The van der Waals surface area contributed by atoms with E-state index in [1.54, 1.807) is 18.2 Å². The summed E-state index contributed by atoms with van der Waals surface area (Å²) in [5.74, 6) is 0.306. The van der Waals surface area contributed by atoms with Crippen molar-refractivity contribution in [3.05, 3.63) is 58.3 Å². The molecule has 0 fully saturated rings. The maximum Gasteiger partial charge on any atom is 0.433 e. The third kappa shape index (κ3) is 2.57. The molecule has 3 aromatic rings. The van der Waals surface area contributed by atoms with Crippen LogP contribution in [0.25, 0.3) is 17.1 Å². The highest BCUT2D eigenvalue weighted by molar-refractivity contribution is 5.84. The molecule has 3 rings (SSSR count). The molecule has 0 unspecified atom stereocenters. The SMILES string of the molecule is COc1ccccc1-n1cc(C=O)c(-c2ccc([N+](=O)[O-])o2)n1. The molecule has 0 bridgehead atoms. The number of benzene rings is 1. The summed E-state index contributed by atoms with van der Waals surface area (Å²) in [5, 5.41) is 15.0. The molecule has 116 valence electrons. The molecule has 0 radical (unpaired) electrons. The monoisotopic (exact) mass is 313 g/mol. The molecule has 0 aliphatic carbocycles. The highest BCUT2D eigenvalue weighted by Crippen LogP contribution is 2.29. The number of hydrogen-bond acceptors (Lipinski definition) is 6. The number of nitro groups is 1. The molecule has 8 heteroatoms. The number of aldehydes is 1. The lowest BCUT2D eigenvalue weighted by Crippen LogP contribution is -1.98. The summed E-state index contributed by atoms with van der Waals surface area (Å²) in [6.07, 6.45) is 2.12. The summed E-state index contributed by atoms with van der Waals surface area (Å²) in [7, 11) is 1.53. The molecule has 0 amide bonds. The van der Waals surface area contributed by atoms with Gasteiger partial charge in [0, 0.05) is 6.20 Å². The number of carbonyl (C=O) groups excluding carboxylic acids is 1. The average Bonchev–Trinajstić information content (AvgIpc) is 3.21. The Labute approximate surface area is 130 Å². The fourth-order valence-electron chi connectivity index (χ4n) is 2.16. The standard InChI is InChI=1S/C15H11N3O5/c1-22-12-5-3-2-4-11(12)17-8-10(9-19)15(16-17)13-6-7-14(23-13)18(20)21/h2-9H,1H3. The first-order chi connectivity index (χ1) is 11.1. The number of aromatic nitrogens is 2. The Kier molecular flexibility index (Phi) is 3.63. The van der Waals surface area contributed by atoms with E-state index in [0.717, 1.165) is 0 Å². The predicted molar refractivity (Wildman–Crippen MR) is 79.9 cm³/mol. The summed E-state index contributed by atoms with van der Waals surface area (Å²) >= 11 is 0. The lowest BCUT2D eigenvalue weighted by Gasteiger charge is -2.07. The van der Waals surface area contributed by atoms with Crippen molar-refractivity contribution in [2.75, 3.05) is 7.11 Å². The van der Waals surface area contributed by atoms with E-state index in [4.69, 9.17) is 9.15 Å². The molecular weight excluding hydrogens is 302 g/mol. The minimum atomic E-state index is -0.651. The zero-order valence-electron chi connectivity index (χ0n) is 12.0. The Morgan fingerprint density at radius 1 is 1.30 bits per heavy atom. The second-order valence-corrected chi connectivity index (χ2v) is 4.56. The largest absolute Gasteiger partial charge is 0.494 e. The second-order valence-electron chi connectivity index (χ2n) is 4.56. The van der Waals surface area contributed by atoms with Crippen molar-refractivity contribution in [2.45, 2.75) is 0 Å². The number of methoxy groups -OCH3 is 1. The van der Waals surface area contributed by atoms with Crippen LogP contribution in [0.2, 0.25) is 0 Å². The molecule has 1 aromatic carbocycles. The van der Waals surface area contributed by atoms with E-state index in [-0.39, 0.29) is 17.0 Å². The summed E-state index contributed by atoms with van der Waals surface area (Å²) in [6.45, 7) is 0. The van der Waals surface area contributed by atoms with Crippen LogP contribution in [0.3, 0.4) is 0 Å². The molecule has 2 aromatic heterocycles. The average molecular weight is 313 g/mol. The molecule has 0 spiro atoms. The van der Waals surface area contributed by atoms with Crippen LogP contribution in [0.5, 0.6) is 5.75 Å². The van der Waals surface area contributed by atoms with E-state index in [9.17, 15) is 14.9 Å². The van der Waals surface area contributed by atoms with Crippen molar-refractivity contribution in [1.29, 1.82) is 0 Å². The quantitative estimate of drug-likeness (QED) is 0.408. The van der Waals surface area contributed by atoms with Crippen LogP contribution in [0.15, 0.2) is 47.0 Å². The number of nitrogens with zero attached hydrogens (tertiary/aromatic N) is 3. The van der Waals surface area contributed by atoms with E-state index >= 15 is 0 Å². The van der Waals surface area contributed by atoms with Crippen LogP contribution in [0, 0.1) is 10.1 Å². The van der Waals surface area contributed by atoms with Crippen LogP contribution in [-0.4, -0.2) is 28.1 Å². The van der Waals surface area contributed by atoms with Crippen molar-refractivity contribution >= 4 is 12.2 Å². The topological polar surface area (TPSA) is 100 Å². The molecule has 8 nitrogen and oxygen atoms in total. The molecule has 0 atom stereocenters. The van der Waals surface area contributed by atoms with Crippen molar-refractivity contribution < 1.29 is 18.9 Å². The molecule has 0 saturated carbocycles. The fraction of sp³-hybridized carbons (Fsp3) is 0.0667. The van der Waals surface area contributed by atoms with Gasteiger partial charge in [-0.15, -0.1) is 0 Å². The van der Waals surface area contributed by atoms with Gasteiger partial charge in [0.05, 0.1) is 18.7 Å².